The molecule has 0 bridgehead atoms. The molecule has 3 amide bonds. The number of amides is 3. The normalized spacial score (nSPS) is 16.5. The predicted molar refractivity (Wildman–Crippen MR) is 120 cm³/mol. The van der Waals surface area contributed by atoms with Crippen LogP contribution in [-0.4, -0.2) is 39.9 Å². The van der Waals surface area contributed by atoms with E-state index in [0.29, 0.717) is 23.6 Å². The largest absolute Gasteiger partial charge is 0.444 e. The minimum atomic E-state index is -0.697. The van der Waals surface area contributed by atoms with Crippen LogP contribution in [0.2, 0.25) is 0 Å². The summed E-state index contributed by atoms with van der Waals surface area (Å²) in [6, 6.07) is 5.55. The lowest BCUT2D eigenvalue weighted by atomic mass is 10.0. The standard InChI is InChI=1S/C22H28N4O4S/c1-14-12-15(13-23-18(14)25-21(29)30-22(2,3)4)24-19(27)20(28)26-10-6-5-8-16(26)17-9-7-11-31-17/h7,9,11-13,16H,5-6,8,10H2,1-4H3,(H,24,27)(H,23,25,29). The van der Waals surface area contributed by atoms with Gasteiger partial charge in [-0.3, -0.25) is 14.9 Å². The van der Waals surface area contributed by atoms with Crippen LogP contribution in [0.4, 0.5) is 16.3 Å². The van der Waals surface area contributed by atoms with Gasteiger partial charge in [-0.05, 0) is 70.0 Å². The minimum absolute atomic E-state index is 0.0627. The van der Waals surface area contributed by atoms with Crippen LogP contribution in [0, 0.1) is 6.92 Å². The predicted octanol–water partition coefficient (Wildman–Crippen LogP) is 4.49. The van der Waals surface area contributed by atoms with Gasteiger partial charge >= 0.3 is 17.9 Å². The number of nitrogens with zero attached hydrogens (tertiary/aromatic N) is 2. The van der Waals surface area contributed by atoms with Gasteiger partial charge in [0.1, 0.15) is 11.4 Å². The summed E-state index contributed by atoms with van der Waals surface area (Å²) in [6.45, 7) is 7.62. The molecule has 31 heavy (non-hydrogen) atoms. The number of hydrogen-bond acceptors (Lipinski definition) is 6. The molecule has 166 valence electrons. The first-order valence-corrected chi connectivity index (χ1v) is 11.1. The number of piperidine rings is 1. The van der Waals surface area contributed by atoms with E-state index in [9.17, 15) is 14.4 Å². The highest BCUT2D eigenvalue weighted by Crippen LogP contribution is 2.33. The number of nitrogens with one attached hydrogen (secondary N) is 2. The highest BCUT2D eigenvalue weighted by atomic mass is 32.1. The van der Waals surface area contributed by atoms with Crippen molar-refractivity contribution in [1.29, 1.82) is 0 Å². The van der Waals surface area contributed by atoms with Crippen molar-refractivity contribution in [2.45, 2.75) is 58.6 Å². The molecule has 1 unspecified atom stereocenters. The number of thiophene rings is 1. The molecule has 2 N–H and O–H groups in total. The number of hydrogen-bond donors (Lipinski definition) is 2. The Balaban J connectivity index is 1.65. The zero-order valence-corrected chi connectivity index (χ0v) is 19.0. The molecule has 3 rings (SSSR count). The van der Waals surface area contributed by atoms with Gasteiger partial charge in [-0.2, -0.15) is 0 Å². The second-order valence-electron chi connectivity index (χ2n) is 8.50. The molecule has 0 saturated carbocycles. The summed E-state index contributed by atoms with van der Waals surface area (Å²) in [6.07, 6.45) is 3.55. The van der Waals surface area contributed by atoms with Crippen LogP contribution >= 0.6 is 11.3 Å². The molecule has 3 heterocycles. The smallest absolute Gasteiger partial charge is 0.413 e. The molecular formula is C22H28N4O4S. The van der Waals surface area contributed by atoms with E-state index in [-0.39, 0.29) is 6.04 Å². The average molecular weight is 445 g/mol. The summed E-state index contributed by atoms with van der Waals surface area (Å²) >= 11 is 1.60. The third-order valence-electron chi connectivity index (χ3n) is 4.78. The van der Waals surface area contributed by atoms with Crippen molar-refractivity contribution in [2.24, 2.45) is 0 Å². The molecular weight excluding hydrogens is 416 g/mol. The Hall–Kier alpha value is -2.94. The highest BCUT2D eigenvalue weighted by Gasteiger charge is 2.32. The summed E-state index contributed by atoms with van der Waals surface area (Å²) < 4.78 is 5.22. The van der Waals surface area contributed by atoms with Gasteiger partial charge in [-0.15, -0.1) is 11.3 Å². The second kappa shape index (κ2) is 9.47. The Morgan fingerprint density at radius 1 is 1.23 bits per heavy atom. The van der Waals surface area contributed by atoms with Crippen molar-refractivity contribution >= 4 is 40.7 Å². The first-order chi connectivity index (χ1) is 14.6. The van der Waals surface area contributed by atoms with Crippen molar-refractivity contribution in [2.75, 3.05) is 17.2 Å². The fraction of sp³-hybridized carbons (Fsp3) is 0.455. The number of rotatable bonds is 3. The number of aromatic nitrogens is 1. The van der Waals surface area contributed by atoms with E-state index >= 15 is 0 Å². The van der Waals surface area contributed by atoms with Crippen LogP contribution in [0.3, 0.4) is 0 Å². The fourth-order valence-corrected chi connectivity index (χ4v) is 4.31. The Kier molecular flexibility index (Phi) is 6.94. The number of carbonyl (C=O) groups excluding carboxylic acids is 3. The Morgan fingerprint density at radius 3 is 2.65 bits per heavy atom. The van der Waals surface area contributed by atoms with Crippen LogP contribution in [0.25, 0.3) is 0 Å². The van der Waals surface area contributed by atoms with Gasteiger partial charge in [0, 0.05) is 11.4 Å². The second-order valence-corrected chi connectivity index (χ2v) is 9.48. The lowest BCUT2D eigenvalue weighted by Crippen LogP contribution is -2.44. The molecule has 0 spiro atoms. The fourth-order valence-electron chi connectivity index (χ4n) is 3.44. The first-order valence-electron chi connectivity index (χ1n) is 10.3. The van der Waals surface area contributed by atoms with Crippen molar-refractivity contribution in [3.05, 3.63) is 40.2 Å². The number of anilines is 2. The van der Waals surface area contributed by atoms with Gasteiger partial charge in [0.2, 0.25) is 0 Å². The summed E-state index contributed by atoms with van der Waals surface area (Å²) in [5.74, 6) is -0.920. The van der Waals surface area contributed by atoms with Crippen LogP contribution in [0.5, 0.6) is 0 Å². The molecule has 1 saturated heterocycles. The Morgan fingerprint density at radius 2 is 2.00 bits per heavy atom. The van der Waals surface area contributed by atoms with E-state index in [2.05, 4.69) is 15.6 Å². The van der Waals surface area contributed by atoms with E-state index in [4.69, 9.17) is 4.74 Å². The quantitative estimate of drug-likeness (QED) is 0.680. The molecule has 0 aromatic carbocycles. The van der Waals surface area contributed by atoms with Gasteiger partial charge in [-0.1, -0.05) is 6.07 Å². The monoisotopic (exact) mass is 444 g/mol. The molecule has 2 aromatic rings. The lowest BCUT2D eigenvalue weighted by Gasteiger charge is -2.34. The van der Waals surface area contributed by atoms with E-state index in [1.165, 1.54) is 6.20 Å². The van der Waals surface area contributed by atoms with Crippen LogP contribution < -0.4 is 10.6 Å². The summed E-state index contributed by atoms with van der Waals surface area (Å²) in [5, 5.41) is 7.20. The minimum Gasteiger partial charge on any atom is -0.444 e. The van der Waals surface area contributed by atoms with E-state index in [1.54, 1.807) is 50.0 Å². The molecule has 1 atom stereocenters. The average Bonchev–Trinajstić information content (AvgIpc) is 3.23. The molecule has 1 aliphatic rings. The molecule has 1 aliphatic heterocycles. The maximum Gasteiger partial charge on any atom is 0.413 e. The van der Waals surface area contributed by atoms with Crippen molar-refractivity contribution in [1.82, 2.24) is 9.88 Å². The topological polar surface area (TPSA) is 101 Å². The van der Waals surface area contributed by atoms with E-state index < -0.39 is 23.5 Å². The lowest BCUT2D eigenvalue weighted by molar-refractivity contribution is -0.145. The zero-order chi connectivity index (χ0) is 22.6. The molecule has 2 aromatic heterocycles. The third kappa shape index (κ3) is 6.04. The maximum atomic E-state index is 12.9. The van der Waals surface area contributed by atoms with Crippen LogP contribution in [0.1, 0.15) is 56.5 Å². The zero-order valence-electron chi connectivity index (χ0n) is 18.2. The van der Waals surface area contributed by atoms with Gasteiger partial charge in [0.25, 0.3) is 0 Å². The van der Waals surface area contributed by atoms with E-state index in [0.717, 1.165) is 24.1 Å². The summed E-state index contributed by atoms with van der Waals surface area (Å²) in [4.78, 5) is 44.4. The number of pyridine rings is 1. The summed E-state index contributed by atoms with van der Waals surface area (Å²) in [5.41, 5.74) is 0.391. The SMILES string of the molecule is Cc1cc(NC(=O)C(=O)N2CCCCC2c2cccs2)cnc1NC(=O)OC(C)(C)C. The van der Waals surface area contributed by atoms with Gasteiger partial charge in [0.05, 0.1) is 17.9 Å². The molecule has 0 radical (unpaired) electrons. The maximum absolute atomic E-state index is 12.9. The molecule has 9 heteroatoms. The number of aryl methyl sites for hydroxylation is 1. The Labute approximate surface area is 186 Å². The first kappa shape index (κ1) is 22.7. The van der Waals surface area contributed by atoms with Crippen molar-refractivity contribution in [3.8, 4) is 0 Å². The van der Waals surface area contributed by atoms with Crippen molar-refractivity contribution < 1.29 is 19.1 Å². The summed E-state index contributed by atoms with van der Waals surface area (Å²) in [7, 11) is 0. The number of carbonyl (C=O) groups is 3. The molecule has 1 fully saturated rings. The molecule has 0 aliphatic carbocycles. The van der Waals surface area contributed by atoms with Gasteiger partial charge in [0.15, 0.2) is 0 Å². The van der Waals surface area contributed by atoms with Gasteiger partial charge < -0.3 is 15.0 Å². The van der Waals surface area contributed by atoms with Crippen LogP contribution in [-0.2, 0) is 14.3 Å². The highest BCUT2D eigenvalue weighted by molar-refractivity contribution is 7.10. The van der Waals surface area contributed by atoms with E-state index in [1.807, 2.05) is 17.5 Å². The third-order valence-corrected chi connectivity index (χ3v) is 5.76. The Bertz CT molecular complexity index is 953. The van der Waals surface area contributed by atoms with Gasteiger partial charge in [-0.25, -0.2) is 9.78 Å². The number of likely N-dealkylation sites (tertiary alicyclic amines) is 1. The van der Waals surface area contributed by atoms with Crippen LogP contribution in [0.15, 0.2) is 29.8 Å². The van der Waals surface area contributed by atoms with Crippen molar-refractivity contribution in [3.63, 3.8) is 0 Å². The molecule has 8 nitrogen and oxygen atoms in total. The number of ether oxygens (including phenoxy) is 1.